The third-order valence-corrected chi connectivity index (χ3v) is 4.04. The van der Waals surface area contributed by atoms with Crippen LogP contribution < -0.4 is 0 Å². The molecule has 3 nitrogen and oxygen atoms in total. The van der Waals surface area contributed by atoms with Gasteiger partial charge in [0.15, 0.2) is 5.78 Å². The maximum Gasteiger partial charge on any atom is 0.164 e. The van der Waals surface area contributed by atoms with Crippen molar-refractivity contribution in [3.05, 3.63) is 35.4 Å². The molecule has 1 atom stereocenters. The van der Waals surface area contributed by atoms with Crippen molar-refractivity contribution in [2.24, 2.45) is 0 Å². The second kappa shape index (κ2) is 6.31. The number of likely N-dealkylation sites (N-methyl/N-ethyl adjacent to an activating group) is 1. The molecule has 0 radical (unpaired) electrons. The number of nitrogens with zero attached hydrogens (tertiary/aromatic N) is 2. The number of rotatable bonds is 4. The average Bonchev–Trinajstić information content (AvgIpc) is 2.38. The van der Waals surface area contributed by atoms with Gasteiger partial charge in [-0.25, -0.2) is 0 Å². The van der Waals surface area contributed by atoms with Crippen LogP contribution in [-0.4, -0.2) is 54.9 Å². The molecular weight excluding hydrogens is 236 g/mol. The van der Waals surface area contributed by atoms with Crippen LogP contribution in [0.1, 0.15) is 29.3 Å². The first kappa shape index (κ1) is 14.2. The van der Waals surface area contributed by atoms with E-state index in [-0.39, 0.29) is 5.78 Å². The van der Waals surface area contributed by atoms with E-state index in [2.05, 4.69) is 23.8 Å². The lowest BCUT2D eigenvalue weighted by atomic mass is 10.0. The molecule has 0 aliphatic carbocycles. The number of Topliss-reactive ketones (excluding diaryl/α,β-unsaturated/α-hetero) is 1. The Morgan fingerprint density at radius 1 is 1.32 bits per heavy atom. The number of hydrogen-bond donors (Lipinski definition) is 0. The van der Waals surface area contributed by atoms with Crippen molar-refractivity contribution in [2.75, 3.05) is 33.2 Å². The van der Waals surface area contributed by atoms with Crippen LogP contribution in [0.2, 0.25) is 0 Å². The van der Waals surface area contributed by atoms with Crippen LogP contribution in [0.3, 0.4) is 0 Å². The molecule has 1 unspecified atom stereocenters. The van der Waals surface area contributed by atoms with Gasteiger partial charge < -0.3 is 4.90 Å². The summed E-state index contributed by atoms with van der Waals surface area (Å²) in [7, 11) is 2.16. The van der Waals surface area contributed by atoms with Crippen LogP contribution in [0.4, 0.5) is 0 Å². The number of aryl methyl sites for hydroxylation is 1. The molecule has 1 aliphatic heterocycles. The summed E-state index contributed by atoms with van der Waals surface area (Å²) in [5, 5.41) is 0. The van der Waals surface area contributed by atoms with Crippen molar-refractivity contribution in [3.8, 4) is 0 Å². The van der Waals surface area contributed by atoms with Crippen LogP contribution in [0.15, 0.2) is 24.3 Å². The Morgan fingerprint density at radius 3 is 2.74 bits per heavy atom. The standard InChI is InChI=1S/C16H24N2O/c1-13-6-4-5-7-15(13)16(19)8-9-18-11-10-17(3)12-14(18)2/h4-7,14H,8-12H2,1-3H3. The lowest BCUT2D eigenvalue weighted by Crippen LogP contribution is -2.50. The fourth-order valence-corrected chi connectivity index (χ4v) is 2.78. The summed E-state index contributed by atoms with van der Waals surface area (Å²) >= 11 is 0. The van der Waals surface area contributed by atoms with E-state index in [1.165, 1.54) is 0 Å². The van der Waals surface area contributed by atoms with Gasteiger partial charge in [0, 0.05) is 44.2 Å². The Hall–Kier alpha value is -1.19. The summed E-state index contributed by atoms with van der Waals surface area (Å²) in [6.07, 6.45) is 0.624. The second-order valence-electron chi connectivity index (χ2n) is 5.64. The summed E-state index contributed by atoms with van der Waals surface area (Å²) in [5.74, 6) is 0.268. The average molecular weight is 260 g/mol. The maximum atomic E-state index is 12.2. The molecule has 0 bridgehead atoms. The zero-order valence-electron chi connectivity index (χ0n) is 12.2. The van der Waals surface area contributed by atoms with Crippen molar-refractivity contribution < 1.29 is 4.79 Å². The Morgan fingerprint density at radius 2 is 2.05 bits per heavy atom. The zero-order chi connectivity index (χ0) is 13.8. The first-order valence-electron chi connectivity index (χ1n) is 7.09. The number of carbonyl (C=O) groups is 1. The third kappa shape index (κ3) is 3.64. The van der Waals surface area contributed by atoms with E-state index >= 15 is 0 Å². The molecule has 1 heterocycles. The van der Waals surface area contributed by atoms with Crippen molar-refractivity contribution in [1.29, 1.82) is 0 Å². The predicted octanol–water partition coefficient (Wildman–Crippen LogP) is 2.20. The van der Waals surface area contributed by atoms with E-state index in [1.807, 2.05) is 31.2 Å². The van der Waals surface area contributed by atoms with E-state index in [9.17, 15) is 4.79 Å². The number of carbonyl (C=O) groups excluding carboxylic acids is 1. The first-order valence-corrected chi connectivity index (χ1v) is 7.09. The molecule has 19 heavy (non-hydrogen) atoms. The Balaban J connectivity index is 1.89. The molecule has 1 aromatic carbocycles. The van der Waals surface area contributed by atoms with Gasteiger partial charge in [-0.3, -0.25) is 9.69 Å². The highest BCUT2D eigenvalue weighted by Crippen LogP contribution is 2.13. The van der Waals surface area contributed by atoms with E-state index in [4.69, 9.17) is 0 Å². The fourth-order valence-electron chi connectivity index (χ4n) is 2.78. The van der Waals surface area contributed by atoms with Crippen LogP contribution in [-0.2, 0) is 0 Å². The molecule has 0 spiro atoms. The van der Waals surface area contributed by atoms with Gasteiger partial charge in [0.05, 0.1) is 0 Å². The third-order valence-electron chi connectivity index (χ3n) is 4.04. The van der Waals surface area contributed by atoms with E-state index in [0.29, 0.717) is 12.5 Å². The molecule has 2 rings (SSSR count). The van der Waals surface area contributed by atoms with Gasteiger partial charge in [-0.15, -0.1) is 0 Å². The molecular formula is C16H24N2O. The quantitative estimate of drug-likeness (QED) is 0.775. The normalized spacial score (nSPS) is 21.5. The molecule has 1 fully saturated rings. The Kier molecular flexibility index (Phi) is 4.72. The van der Waals surface area contributed by atoms with E-state index in [0.717, 1.165) is 37.3 Å². The maximum absolute atomic E-state index is 12.2. The van der Waals surface area contributed by atoms with Crippen molar-refractivity contribution in [3.63, 3.8) is 0 Å². The van der Waals surface area contributed by atoms with Gasteiger partial charge in [-0.05, 0) is 26.5 Å². The second-order valence-corrected chi connectivity index (χ2v) is 5.64. The summed E-state index contributed by atoms with van der Waals surface area (Å²) in [6, 6.07) is 8.41. The first-order chi connectivity index (χ1) is 9.08. The number of piperazine rings is 1. The van der Waals surface area contributed by atoms with Crippen molar-refractivity contribution in [2.45, 2.75) is 26.3 Å². The van der Waals surface area contributed by atoms with Gasteiger partial charge in [0.25, 0.3) is 0 Å². The van der Waals surface area contributed by atoms with Gasteiger partial charge >= 0.3 is 0 Å². The minimum absolute atomic E-state index is 0.268. The highest BCUT2D eigenvalue weighted by atomic mass is 16.1. The molecule has 0 amide bonds. The highest BCUT2D eigenvalue weighted by Gasteiger charge is 2.21. The molecule has 3 heteroatoms. The summed E-state index contributed by atoms with van der Waals surface area (Å²) in [6.45, 7) is 8.39. The molecule has 1 aliphatic rings. The van der Waals surface area contributed by atoms with Crippen molar-refractivity contribution in [1.82, 2.24) is 9.80 Å². The monoisotopic (exact) mass is 260 g/mol. The van der Waals surface area contributed by atoms with Crippen LogP contribution >= 0.6 is 0 Å². The summed E-state index contributed by atoms with van der Waals surface area (Å²) < 4.78 is 0. The molecule has 1 aromatic rings. The molecule has 0 aromatic heterocycles. The van der Waals surface area contributed by atoms with Crippen LogP contribution in [0.5, 0.6) is 0 Å². The minimum Gasteiger partial charge on any atom is -0.304 e. The van der Waals surface area contributed by atoms with Crippen molar-refractivity contribution >= 4 is 5.78 Å². The predicted molar refractivity (Wildman–Crippen MR) is 78.7 cm³/mol. The highest BCUT2D eigenvalue weighted by molar-refractivity contribution is 5.97. The van der Waals surface area contributed by atoms with Crippen LogP contribution in [0.25, 0.3) is 0 Å². The minimum atomic E-state index is 0.268. The number of hydrogen-bond acceptors (Lipinski definition) is 3. The summed E-state index contributed by atoms with van der Waals surface area (Å²) in [5.41, 5.74) is 1.96. The lowest BCUT2D eigenvalue weighted by Gasteiger charge is -2.38. The zero-order valence-corrected chi connectivity index (χ0v) is 12.2. The van der Waals surface area contributed by atoms with Crippen LogP contribution in [0, 0.1) is 6.92 Å². The SMILES string of the molecule is Cc1ccccc1C(=O)CCN1CCN(C)CC1C. The molecule has 0 N–H and O–H groups in total. The van der Waals surface area contributed by atoms with Gasteiger partial charge in [-0.2, -0.15) is 0 Å². The Bertz CT molecular complexity index is 444. The lowest BCUT2D eigenvalue weighted by molar-refractivity contribution is 0.0843. The van der Waals surface area contributed by atoms with Gasteiger partial charge in [0.2, 0.25) is 0 Å². The number of benzene rings is 1. The largest absolute Gasteiger partial charge is 0.304 e. The van der Waals surface area contributed by atoms with E-state index < -0.39 is 0 Å². The Labute approximate surface area is 116 Å². The summed E-state index contributed by atoms with van der Waals surface area (Å²) in [4.78, 5) is 17.0. The fraction of sp³-hybridized carbons (Fsp3) is 0.562. The molecule has 1 saturated heterocycles. The molecule has 0 saturated carbocycles. The number of ketones is 1. The topological polar surface area (TPSA) is 23.6 Å². The van der Waals surface area contributed by atoms with Gasteiger partial charge in [0.1, 0.15) is 0 Å². The van der Waals surface area contributed by atoms with Gasteiger partial charge in [-0.1, -0.05) is 24.3 Å². The smallest absolute Gasteiger partial charge is 0.164 e. The van der Waals surface area contributed by atoms with E-state index in [1.54, 1.807) is 0 Å². The molecule has 104 valence electrons.